The average Bonchev–Trinajstić information content (AvgIpc) is 3.30. The molecule has 2 aliphatic carbocycles. The molecule has 2 amide bonds. The molecule has 0 aromatic heterocycles. The molecule has 2 aliphatic rings. The molecular formula is C20H19F3N2O2S. The number of hydrogen-bond acceptors (Lipinski definition) is 2. The molecule has 4 nitrogen and oxygen atoms in total. The van der Waals surface area contributed by atoms with Crippen LogP contribution in [0.25, 0.3) is 0 Å². The van der Waals surface area contributed by atoms with Crippen LogP contribution in [0.4, 0.5) is 23.7 Å². The fourth-order valence-corrected chi connectivity index (χ4v) is 4.81. The Labute approximate surface area is 163 Å². The third kappa shape index (κ3) is 3.65. The number of anilines is 1. The summed E-state index contributed by atoms with van der Waals surface area (Å²) in [6.07, 6.45) is 1.26. The minimum absolute atomic E-state index is 0.103. The number of hydrogen-bond donors (Lipinski definition) is 2. The largest absolute Gasteiger partial charge is 0.416 e. The molecule has 28 heavy (non-hydrogen) atoms. The molecule has 0 saturated carbocycles. The number of urea groups is 1. The van der Waals surface area contributed by atoms with E-state index in [-0.39, 0.29) is 4.90 Å². The monoisotopic (exact) mass is 408 g/mol. The van der Waals surface area contributed by atoms with E-state index in [1.165, 1.54) is 23.3 Å². The Morgan fingerprint density at radius 1 is 0.964 bits per heavy atom. The molecule has 0 fully saturated rings. The predicted octanol–water partition coefficient (Wildman–Crippen LogP) is 4.53. The first-order valence-corrected chi connectivity index (χ1v) is 10.3. The van der Waals surface area contributed by atoms with Crippen molar-refractivity contribution in [3.63, 3.8) is 0 Å². The lowest BCUT2D eigenvalue weighted by molar-refractivity contribution is -0.137. The van der Waals surface area contributed by atoms with Gasteiger partial charge in [-0.05, 0) is 79.0 Å². The zero-order valence-corrected chi connectivity index (χ0v) is 15.8. The summed E-state index contributed by atoms with van der Waals surface area (Å²) in [4.78, 5) is 12.3. The van der Waals surface area contributed by atoms with Gasteiger partial charge < -0.3 is 5.32 Å². The molecule has 2 aromatic carbocycles. The number of benzene rings is 2. The minimum Gasteiger partial charge on any atom is -0.307 e. The maximum Gasteiger partial charge on any atom is 0.416 e. The fourth-order valence-electron chi connectivity index (χ4n) is 4.04. The van der Waals surface area contributed by atoms with Gasteiger partial charge in [-0.15, -0.1) is 0 Å². The lowest BCUT2D eigenvalue weighted by Gasteiger charge is -2.16. The molecule has 148 valence electrons. The Kier molecular flexibility index (Phi) is 4.91. The molecule has 0 heterocycles. The molecule has 0 radical (unpaired) electrons. The number of carbonyl (C=O) groups is 1. The lowest BCUT2D eigenvalue weighted by Crippen LogP contribution is -2.31. The number of alkyl halides is 3. The van der Waals surface area contributed by atoms with Crippen molar-refractivity contribution in [2.75, 3.05) is 5.32 Å². The van der Waals surface area contributed by atoms with Crippen LogP contribution in [0.5, 0.6) is 0 Å². The van der Waals surface area contributed by atoms with E-state index < -0.39 is 28.8 Å². The van der Waals surface area contributed by atoms with Crippen molar-refractivity contribution >= 4 is 22.7 Å². The fraction of sp³-hybridized carbons (Fsp3) is 0.350. The van der Waals surface area contributed by atoms with Crippen molar-refractivity contribution in [2.45, 2.75) is 49.6 Å². The number of rotatable bonds is 3. The Balaban J connectivity index is 1.53. The standard InChI is InChI=1S/C20H19F3N2O2S/c21-20(22,23)14-6-3-7-15(11-14)28(27)25-19(26)24-18-16-8-1-4-12(16)10-13-5-2-9-17(13)18/h3,6-7,10-11H,1-2,4-5,8-9H2,(H2,24,25,26). The molecule has 4 rings (SSSR count). The molecule has 2 aromatic rings. The van der Waals surface area contributed by atoms with Crippen LogP contribution < -0.4 is 10.0 Å². The summed E-state index contributed by atoms with van der Waals surface area (Å²) in [5.41, 5.74) is 4.63. The van der Waals surface area contributed by atoms with Crippen LogP contribution >= 0.6 is 0 Å². The topological polar surface area (TPSA) is 58.2 Å². The summed E-state index contributed by atoms with van der Waals surface area (Å²) in [6.45, 7) is 0. The van der Waals surface area contributed by atoms with E-state index in [1.807, 2.05) is 0 Å². The van der Waals surface area contributed by atoms with Crippen molar-refractivity contribution in [3.8, 4) is 0 Å². The number of carbonyl (C=O) groups excluding carboxylic acids is 1. The summed E-state index contributed by atoms with van der Waals surface area (Å²) in [7, 11) is -2.09. The molecule has 0 bridgehead atoms. The van der Waals surface area contributed by atoms with Gasteiger partial charge in [-0.3, -0.25) is 4.72 Å². The quantitative estimate of drug-likeness (QED) is 0.784. The molecular weight excluding hydrogens is 389 g/mol. The predicted molar refractivity (Wildman–Crippen MR) is 100 cm³/mol. The maximum atomic E-state index is 12.8. The van der Waals surface area contributed by atoms with Gasteiger partial charge in [0.25, 0.3) is 0 Å². The third-order valence-electron chi connectivity index (χ3n) is 5.27. The van der Waals surface area contributed by atoms with E-state index in [1.54, 1.807) is 0 Å². The van der Waals surface area contributed by atoms with E-state index in [2.05, 4.69) is 16.1 Å². The molecule has 1 atom stereocenters. The van der Waals surface area contributed by atoms with Gasteiger partial charge in [-0.25, -0.2) is 9.00 Å². The summed E-state index contributed by atoms with van der Waals surface area (Å²) in [5, 5.41) is 2.82. The molecule has 1 unspecified atom stereocenters. The highest BCUT2D eigenvalue weighted by atomic mass is 32.2. The second-order valence-corrected chi connectivity index (χ2v) is 8.30. The van der Waals surface area contributed by atoms with Crippen molar-refractivity contribution in [2.24, 2.45) is 0 Å². The van der Waals surface area contributed by atoms with Crippen LogP contribution in [0.3, 0.4) is 0 Å². The first-order valence-electron chi connectivity index (χ1n) is 9.16. The van der Waals surface area contributed by atoms with E-state index in [0.29, 0.717) is 0 Å². The van der Waals surface area contributed by atoms with Crippen molar-refractivity contribution in [1.82, 2.24) is 4.72 Å². The zero-order chi connectivity index (χ0) is 19.9. The summed E-state index contributed by atoms with van der Waals surface area (Å²) in [5.74, 6) is 0. The summed E-state index contributed by atoms with van der Waals surface area (Å²) < 4.78 is 53.1. The molecule has 8 heteroatoms. The van der Waals surface area contributed by atoms with Gasteiger partial charge in [-0.1, -0.05) is 12.1 Å². The maximum absolute atomic E-state index is 12.8. The normalized spacial score (nSPS) is 16.4. The molecule has 0 saturated heterocycles. The first kappa shape index (κ1) is 19.0. The first-order chi connectivity index (χ1) is 13.3. The summed E-state index contributed by atoms with van der Waals surface area (Å²) in [6, 6.07) is 5.71. The van der Waals surface area contributed by atoms with Crippen LogP contribution in [-0.2, 0) is 42.8 Å². The lowest BCUT2D eigenvalue weighted by atomic mass is 9.99. The Hall–Kier alpha value is -2.35. The minimum atomic E-state index is -4.53. The SMILES string of the molecule is O=C(Nc1c2c(cc3c1CCC3)CCC2)NS(=O)c1cccc(C(F)(F)F)c1. The second-order valence-electron chi connectivity index (χ2n) is 7.08. The number of aryl methyl sites for hydroxylation is 2. The van der Waals surface area contributed by atoms with E-state index in [9.17, 15) is 22.2 Å². The van der Waals surface area contributed by atoms with Crippen molar-refractivity contribution in [3.05, 3.63) is 58.1 Å². The van der Waals surface area contributed by atoms with Crippen LogP contribution in [0, 0.1) is 0 Å². The van der Waals surface area contributed by atoms with Gasteiger partial charge in [0.2, 0.25) is 0 Å². The number of halogens is 3. The van der Waals surface area contributed by atoms with E-state index in [4.69, 9.17) is 0 Å². The highest BCUT2D eigenvalue weighted by molar-refractivity contribution is 7.83. The van der Waals surface area contributed by atoms with E-state index in [0.717, 1.165) is 67.5 Å². The number of nitrogens with one attached hydrogen (secondary N) is 2. The molecule has 0 spiro atoms. The second kappa shape index (κ2) is 7.24. The Morgan fingerprint density at radius 2 is 1.61 bits per heavy atom. The van der Waals surface area contributed by atoms with Crippen LogP contribution in [0.1, 0.15) is 40.7 Å². The molecule has 0 aliphatic heterocycles. The van der Waals surface area contributed by atoms with Crippen LogP contribution in [-0.4, -0.2) is 10.2 Å². The van der Waals surface area contributed by atoms with Gasteiger partial charge in [0.1, 0.15) is 0 Å². The smallest absolute Gasteiger partial charge is 0.307 e. The summed E-state index contributed by atoms with van der Waals surface area (Å²) >= 11 is 0. The third-order valence-corrected chi connectivity index (χ3v) is 6.33. The van der Waals surface area contributed by atoms with Crippen molar-refractivity contribution < 1.29 is 22.2 Å². The van der Waals surface area contributed by atoms with Gasteiger partial charge in [-0.2, -0.15) is 13.2 Å². The highest BCUT2D eigenvalue weighted by Gasteiger charge is 2.31. The average molecular weight is 408 g/mol. The Morgan fingerprint density at radius 3 is 2.21 bits per heavy atom. The van der Waals surface area contributed by atoms with Gasteiger partial charge in [0.05, 0.1) is 10.5 Å². The molecule has 2 N–H and O–H groups in total. The van der Waals surface area contributed by atoms with Crippen molar-refractivity contribution in [1.29, 1.82) is 0 Å². The van der Waals surface area contributed by atoms with E-state index >= 15 is 0 Å². The zero-order valence-electron chi connectivity index (χ0n) is 15.0. The van der Waals surface area contributed by atoms with Gasteiger partial charge in [0.15, 0.2) is 11.0 Å². The number of amides is 2. The van der Waals surface area contributed by atoms with Gasteiger partial charge in [0, 0.05) is 5.69 Å². The van der Waals surface area contributed by atoms with Crippen LogP contribution in [0.15, 0.2) is 35.2 Å². The van der Waals surface area contributed by atoms with Gasteiger partial charge >= 0.3 is 12.2 Å². The number of fused-ring (bicyclic) bond motifs is 2. The Bertz CT molecular complexity index is 940. The van der Waals surface area contributed by atoms with Crippen LogP contribution in [0.2, 0.25) is 0 Å². The highest BCUT2D eigenvalue weighted by Crippen LogP contribution is 2.38.